The van der Waals surface area contributed by atoms with Crippen LogP contribution in [0.25, 0.3) is 67.0 Å². The summed E-state index contributed by atoms with van der Waals surface area (Å²) in [6.07, 6.45) is 7.43. The van der Waals surface area contributed by atoms with Gasteiger partial charge in [0.2, 0.25) is 0 Å². The van der Waals surface area contributed by atoms with Crippen LogP contribution in [-0.2, 0) is 6.42 Å². The molecule has 0 amide bonds. The topological polar surface area (TPSA) is 43.3 Å². The number of aromatic nitrogens is 3. The maximum Gasteiger partial charge on any atom is 0.137 e. The molecule has 4 heterocycles. The van der Waals surface area contributed by atoms with Gasteiger partial charge in [0, 0.05) is 34.0 Å². The number of furan rings is 1. The molecule has 0 radical (unpaired) electrons. The summed E-state index contributed by atoms with van der Waals surface area (Å²) < 4.78 is 8.23. The van der Waals surface area contributed by atoms with Crippen LogP contribution in [0.5, 0.6) is 0 Å². The highest BCUT2D eigenvalue weighted by Crippen LogP contribution is 2.38. The molecule has 198 valence electrons. The molecule has 0 N–H and O–H groups in total. The highest BCUT2D eigenvalue weighted by Gasteiger charge is 2.22. The Balaban J connectivity index is 1.09. The molecule has 1 atom stereocenters. The zero-order valence-electron chi connectivity index (χ0n) is 22.7. The van der Waals surface area contributed by atoms with E-state index < -0.39 is 0 Å². The normalized spacial score (nSPS) is 14.7. The monoisotopic (exact) mass is 539 g/mol. The molecule has 9 rings (SSSR count). The van der Waals surface area contributed by atoms with Crippen molar-refractivity contribution in [2.45, 2.75) is 12.3 Å². The second-order valence-electron chi connectivity index (χ2n) is 11.0. The number of hydrogen-bond acceptors (Lipinski definition) is 3. The van der Waals surface area contributed by atoms with E-state index in [1.807, 2.05) is 30.3 Å². The summed E-state index contributed by atoms with van der Waals surface area (Å²) in [5, 5.41) is 2.29. The SMILES string of the molecule is C1=CC(c2cccc(-c3ccc(-c4nc5ccccc5c5nc6ccccn6c45)cc3)c2)Cc2c1oc1ccccc21. The molecule has 0 aliphatic heterocycles. The summed E-state index contributed by atoms with van der Waals surface area (Å²) >= 11 is 0. The molecule has 0 fully saturated rings. The van der Waals surface area contributed by atoms with Crippen LogP contribution in [-0.4, -0.2) is 14.4 Å². The van der Waals surface area contributed by atoms with Gasteiger partial charge in [-0.3, -0.25) is 4.40 Å². The largest absolute Gasteiger partial charge is 0.456 e. The first-order chi connectivity index (χ1) is 20.8. The smallest absolute Gasteiger partial charge is 0.137 e. The molecule has 4 nitrogen and oxygen atoms in total. The zero-order valence-corrected chi connectivity index (χ0v) is 22.7. The first-order valence-corrected chi connectivity index (χ1v) is 14.4. The van der Waals surface area contributed by atoms with Crippen molar-refractivity contribution in [3.8, 4) is 22.4 Å². The lowest BCUT2D eigenvalue weighted by molar-refractivity contribution is 0.591. The summed E-state index contributed by atoms with van der Waals surface area (Å²) in [6.45, 7) is 0. The first kappa shape index (κ1) is 23.2. The van der Waals surface area contributed by atoms with Gasteiger partial charge >= 0.3 is 0 Å². The van der Waals surface area contributed by atoms with E-state index in [1.54, 1.807) is 0 Å². The molecule has 4 aromatic carbocycles. The van der Waals surface area contributed by atoms with Gasteiger partial charge in [-0.2, -0.15) is 0 Å². The molecular formula is C38H25N3O. The summed E-state index contributed by atoms with van der Waals surface area (Å²) in [6, 6.07) is 40.4. The van der Waals surface area contributed by atoms with E-state index in [9.17, 15) is 0 Å². The van der Waals surface area contributed by atoms with E-state index in [0.29, 0.717) is 5.92 Å². The predicted molar refractivity (Wildman–Crippen MR) is 171 cm³/mol. The van der Waals surface area contributed by atoms with Gasteiger partial charge in [0.05, 0.1) is 16.7 Å². The molecule has 1 aliphatic rings. The van der Waals surface area contributed by atoms with Crippen LogP contribution >= 0.6 is 0 Å². The third kappa shape index (κ3) is 3.55. The van der Waals surface area contributed by atoms with Gasteiger partial charge in [-0.25, -0.2) is 9.97 Å². The van der Waals surface area contributed by atoms with Crippen LogP contribution < -0.4 is 0 Å². The van der Waals surface area contributed by atoms with E-state index in [4.69, 9.17) is 14.4 Å². The third-order valence-corrected chi connectivity index (χ3v) is 8.59. The molecule has 1 aliphatic carbocycles. The van der Waals surface area contributed by atoms with Crippen LogP contribution in [0.3, 0.4) is 0 Å². The van der Waals surface area contributed by atoms with Crippen molar-refractivity contribution in [2.24, 2.45) is 0 Å². The maximum absolute atomic E-state index is 6.09. The highest BCUT2D eigenvalue weighted by molar-refractivity contribution is 6.09. The number of imidazole rings is 1. The van der Waals surface area contributed by atoms with Gasteiger partial charge in [-0.05, 0) is 53.5 Å². The number of para-hydroxylation sites is 2. The van der Waals surface area contributed by atoms with Crippen molar-refractivity contribution in [3.05, 3.63) is 144 Å². The Bertz CT molecular complexity index is 2340. The summed E-state index contributed by atoms with van der Waals surface area (Å²) in [4.78, 5) is 10.1. The van der Waals surface area contributed by atoms with Crippen LogP contribution in [0.2, 0.25) is 0 Å². The minimum absolute atomic E-state index is 0.308. The molecule has 0 saturated heterocycles. The zero-order chi connectivity index (χ0) is 27.6. The van der Waals surface area contributed by atoms with E-state index in [-0.39, 0.29) is 0 Å². The first-order valence-electron chi connectivity index (χ1n) is 14.4. The number of fused-ring (bicyclic) bond motifs is 8. The molecule has 0 bridgehead atoms. The second kappa shape index (κ2) is 9.02. The molecule has 8 aromatic rings. The highest BCUT2D eigenvalue weighted by atomic mass is 16.3. The molecule has 42 heavy (non-hydrogen) atoms. The lowest BCUT2D eigenvalue weighted by atomic mass is 9.85. The molecule has 4 aromatic heterocycles. The summed E-state index contributed by atoms with van der Waals surface area (Å²) in [5.41, 5.74) is 11.9. The maximum atomic E-state index is 6.09. The number of rotatable bonds is 3. The van der Waals surface area contributed by atoms with Crippen LogP contribution in [0, 0.1) is 0 Å². The van der Waals surface area contributed by atoms with E-state index in [0.717, 1.165) is 56.6 Å². The Labute approximate surface area is 242 Å². The lowest BCUT2D eigenvalue weighted by Gasteiger charge is -2.18. The van der Waals surface area contributed by atoms with Crippen molar-refractivity contribution in [2.75, 3.05) is 0 Å². The fraction of sp³-hybridized carbons (Fsp3) is 0.0526. The molecular weight excluding hydrogens is 514 g/mol. The Morgan fingerprint density at radius 1 is 0.690 bits per heavy atom. The van der Waals surface area contributed by atoms with Gasteiger partial charge in [0.25, 0.3) is 0 Å². The predicted octanol–water partition coefficient (Wildman–Crippen LogP) is 9.47. The van der Waals surface area contributed by atoms with Crippen LogP contribution in [0.1, 0.15) is 22.8 Å². The van der Waals surface area contributed by atoms with E-state index in [1.165, 1.54) is 27.6 Å². The Hall–Kier alpha value is -5.48. The fourth-order valence-electron chi connectivity index (χ4n) is 6.51. The second-order valence-corrected chi connectivity index (χ2v) is 11.0. The van der Waals surface area contributed by atoms with Crippen LogP contribution in [0.15, 0.2) is 132 Å². The number of pyridine rings is 2. The van der Waals surface area contributed by atoms with E-state index in [2.05, 4.69) is 108 Å². The Morgan fingerprint density at radius 2 is 1.50 bits per heavy atom. The van der Waals surface area contributed by atoms with Crippen molar-refractivity contribution in [1.29, 1.82) is 0 Å². The van der Waals surface area contributed by atoms with E-state index >= 15 is 0 Å². The number of nitrogens with zero attached hydrogens (tertiary/aromatic N) is 3. The van der Waals surface area contributed by atoms with Crippen LogP contribution in [0.4, 0.5) is 0 Å². The minimum atomic E-state index is 0.308. The van der Waals surface area contributed by atoms with Gasteiger partial charge in [-0.15, -0.1) is 0 Å². The van der Waals surface area contributed by atoms with Crippen molar-refractivity contribution >= 4 is 44.6 Å². The number of benzene rings is 4. The fourth-order valence-corrected chi connectivity index (χ4v) is 6.51. The molecule has 0 saturated carbocycles. The van der Waals surface area contributed by atoms with Crippen molar-refractivity contribution in [1.82, 2.24) is 14.4 Å². The number of allylic oxidation sites excluding steroid dienone is 1. The average Bonchev–Trinajstić information content (AvgIpc) is 3.63. The third-order valence-electron chi connectivity index (χ3n) is 8.59. The lowest BCUT2D eigenvalue weighted by Crippen LogP contribution is -2.04. The quantitative estimate of drug-likeness (QED) is 0.225. The Kier molecular flexibility index (Phi) is 4.99. The summed E-state index contributed by atoms with van der Waals surface area (Å²) in [7, 11) is 0. The summed E-state index contributed by atoms with van der Waals surface area (Å²) in [5.74, 6) is 1.30. The van der Waals surface area contributed by atoms with Crippen molar-refractivity contribution in [3.63, 3.8) is 0 Å². The standard InChI is InChI=1S/C38H25N3O/c1-3-12-32-30(11-1)37-38(41-21-6-5-14-35(41)40-37)36(39-32)25-17-15-24(16-18-25)26-8-7-9-27(22-26)28-19-20-34-31(23-28)29-10-2-4-13-33(29)42-34/h1-22,28H,23H2. The van der Waals surface area contributed by atoms with Gasteiger partial charge in [-0.1, -0.05) is 97.1 Å². The Morgan fingerprint density at radius 3 is 2.43 bits per heavy atom. The molecule has 0 spiro atoms. The molecule has 1 unspecified atom stereocenters. The number of hydrogen-bond donors (Lipinski definition) is 0. The molecule has 4 heteroatoms. The minimum Gasteiger partial charge on any atom is -0.456 e. The van der Waals surface area contributed by atoms with Crippen molar-refractivity contribution < 1.29 is 4.42 Å². The van der Waals surface area contributed by atoms with Gasteiger partial charge in [0.15, 0.2) is 0 Å². The van der Waals surface area contributed by atoms with Gasteiger partial charge in [0.1, 0.15) is 22.5 Å². The van der Waals surface area contributed by atoms with Gasteiger partial charge < -0.3 is 4.42 Å². The average molecular weight is 540 g/mol.